The second-order valence-corrected chi connectivity index (χ2v) is 8.38. The zero-order valence-corrected chi connectivity index (χ0v) is 19.2. The SMILES string of the molecule is O=C(COc1nc(-c2ccc(Cl)cc2)nc2c1Cc1ccccc1O2)Nc1cccc(C(F)(F)F)c1. The summed E-state index contributed by atoms with van der Waals surface area (Å²) in [5, 5.41) is 2.97. The zero-order valence-electron chi connectivity index (χ0n) is 18.5. The summed E-state index contributed by atoms with van der Waals surface area (Å²) in [4.78, 5) is 21.5. The monoisotopic (exact) mass is 511 g/mol. The minimum atomic E-state index is -4.52. The molecule has 1 aliphatic heterocycles. The van der Waals surface area contributed by atoms with Crippen molar-refractivity contribution in [2.45, 2.75) is 12.6 Å². The molecule has 1 N–H and O–H groups in total. The largest absolute Gasteiger partial charge is 0.467 e. The lowest BCUT2D eigenvalue weighted by Gasteiger charge is -2.21. The van der Waals surface area contributed by atoms with Gasteiger partial charge in [0, 0.05) is 22.7 Å². The Hall–Kier alpha value is -4.11. The Balaban J connectivity index is 1.40. The number of amides is 1. The van der Waals surface area contributed by atoms with E-state index in [2.05, 4.69) is 15.3 Å². The number of carbonyl (C=O) groups excluding carboxylic acids is 1. The van der Waals surface area contributed by atoms with E-state index in [1.807, 2.05) is 24.3 Å². The first kappa shape index (κ1) is 23.6. The third-order valence-electron chi connectivity index (χ3n) is 5.39. The first-order chi connectivity index (χ1) is 17.3. The van der Waals surface area contributed by atoms with Crippen molar-refractivity contribution in [1.29, 1.82) is 0 Å². The van der Waals surface area contributed by atoms with Crippen molar-refractivity contribution in [2.24, 2.45) is 0 Å². The fourth-order valence-electron chi connectivity index (χ4n) is 3.68. The Morgan fingerprint density at radius 1 is 1.03 bits per heavy atom. The van der Waals surface area contributed by atoms with E-state index in [0.717, 1.165) is 17.7 Å². The summed E-state index contributed by atoms with van der Waals surface area (Å²) in [6.45, 7) is -0.485. The second kappa shape index (κ2) is 9.50. The van der Waals surface area contributed by atoms with Gasteiger partial charge in [-0.2, -0.15) is 23.1 Å². The molecule has 0 saturated heterocycles. The van der Waals surface area contributed by atoms with Crippen molar-refractivity contribution in [3.05, 3.63) is 94.5 Å². The van der Waals surface area contributed by atoms with Crippen LogP contribution in [0.25, 0.3) is 11.4 Å². The van der Waals surface area contributed by atoms with E-state index in [9.17, 15) is 18.0 Å². The molecule has 0 spiro atoms. The molecule has 6 nitrogen and oxygen atoms in total. The summed E-state index contributed by atoms with van der Waals surface area (Å²) < 4.78 is 50.6. The molecule has 3 aromatic carbocycles. The maximum atomic E-state index is 13.0. The van der Waals surface area contributed by atoms with Gasteiger partial charge in [0.25, 0.3) is 5.91 Å². The van der Waals surface area contributed by atoms with Crippen molar-refractivity contribution >= 4 is 23.2 Å². The first-order valence-electron chi connectivity index (χ1n) is 10.8. The number of alkyl halides is 3. The molecule has 10 heteroatoms. The molecule has 0 unspecified atom stereocenters. The summed E-state index contributed by atoms with van der Waals surface area (Å²) in [5.41, 5.74) is 1.24. The Kier molecular flexibility index (Phi) is 6.24. The zero-order chi connectivity index (χ0) is 25.3. The molecule has 2 heterocycles. The lowest BCUT2D eigenvalue weighted by atomic mass is 10.0. The fourth-order valence-corrected chi connectivity index (χ4v) is 3.80. The number of para-hydroxylation sites is 1. The predicted octanol–water partition coefficient (Wildman–Crippen LogP) is 6.53. The van der Waals surface area contributed by atoms with Crippen molar-refractivity contribution in [2.75, 3.05) is 11.9 Å². The number of halogens is 4. The van der Waals surface area contributed by atoms with Crippen LogP contribution in [-0.2, 0) is 17.4 Å². The smallest absolute Gasteiger partial charge is 0.416 e. The van der Waals surface area contributed by atoms with Gasteiger partial charge in [-0.3, -0.25) is 4.79 Å². The van der Waals surface area contributed by atoms with Crippen LogP contribution in [0.2, 0.25) is 5.02 Å². The van der Waals surface area contributed by atoms with Crippen LogP contribution in [0.4, 0.5) is 18.9 Å². The van der Waals surface area contributed by atoms with Crippen LogP contribution in [-0.4, -0.2) is 22.5 Å². The van der Waals surface area contributed by atoms with Gasteiger partial charge in [0.2, 0.25) is 11.8 Å². The number of hydrogen-bond donors (Lipinski definition) is 1. The van der Waals surface area contributed by atoms with Crippen molar-refractivity contribution in [1.82, 2.24) is 9.97 Å². The number of fused-ring (bicyclic) bond motifs is 2. The van der Waals surface area contributed by atoms with E-state index in [-0.39, 0.29) is 11.6 Å². The van der Waals surface area contributed by atoms with Crippen LogP contribution in [0.5, 0.6) is 17.5 Å². The molecule has 0 bridgehead atoms. The summed E-state index contributed by atoms with van der Waals surface area (Å²) in [6, 6.07) is 18.7. The fraction of sp³-hybridized carbons (Fsp3) is 0.115. The molecule has 0 atom stereocenters. The maximum Gasteiger partial charge on any atom is 0.416 e. The number of hydrogen-bond acceptors (Lipinski definition) is 5. The average Bonchev–Trinajstić information content (AvgIpc) is 2.86. The van der Waals surface area contributed by atoms with Crippen LogP contribution in [0.1, 0.15) is 16.7 Å². The minimum absolute atomic E-state index is 0.00209. The van der Waals surface area contributed by atoms with Gasteiger partial charge in [-0.1, -0.05) is 35.9 Å². The molecule has 0 fully saturated rings. The summed E-state index contributed by atoms with van der Waals surface area (Å²) >= 11 is 5.99. The molecular weight excluding hydrogens is 495 g/mol. The molecular formula is C26H17ClF3N3O3. The van der Waals surface area contributed by atoms with E-state index in [1.54, 1.807) is 24.3 Å². The number of nitrogens with one attached hydrogen (secondary N) is 1. The van der Waals surface area contributed by atoms with Crippen LogP contribution in [0.3, 0.4) is 0 Å². The quantitative estimate of drug-likeness (QED) is 0.290. The average molecular weight is 512 g/mol. The molecule has 182 valence electrons. The van der Waals surface area contributed by atoms with Gasteiger partial charge >= 0.3 is 6.18 Å². The highest BCUT2D eigenvalue weighted by molar-refractivity contribution is 6.30. The van der Waals surface area contributed by atoms with Crippen molar-refractivity contribution in [3.8, 4) is 28.9 Å². The number of aromatic nitrogens is 2. The molecule has 36 heavy (non-hydrogen) atoms. The standard InChI is InChI=1S/C26H17ClF3N3O3/c27-18-10-8-15(9-11-18)23-32-24(20-12-16-4-1-2-7-21(16)36-25(20)33-23)35-14-22(34)31-19-6-3-5-17(13-19)26(28,29)30/h1-11,13H,12,14H2,(H,31,34). The third-order valence-corrected chi connectivity index (χ3v) is 5.65. The Labute approximate surface area is 208 Å². The minimum Gasteiger partial charge on any atom is -0.467 e. The molecule has 1 amide bonds. The summed E-state index contributed by atoms with van der Waals surface area (Å²) in [7, 11) is 0. The first-order valence-corrected chi connectivity index (χ1v) is 11.2. The number of benzene rings is 3. The molecule has 5 rings (SSSR count). The lowest BCUT2D eigenvalue weighted by Crippen LogP contribution is -2.22. The van der Waals surface area contributed by atoms with E-state index in [4.69, 9.17) is 21.1 Å². The topological polar surface area (TPSA) is 73.3 Å². The van der Waals surface area contributed by atoms with Gasteiger partial charge < -0.3 is 14.8 Å². The van der Waals surface area contributed by atoms with Gasteiger partial charge in [-0.25, -0.2) is 0 Å². The van der Waals surface area contributed by atoms with E-state index in [0.29, 0.717) is 40.0 Å². The maximum absolute atomic E-state index is 13.0. The number of rotatable bonds is 5. The van der Waals surface area contributed by atoms with Crippen molar-refractivity contribution in [3.63, 3.8) is 0 Å². The summed E-state index contributed by atoms with van der Waals surface area (Å²) in [6.07, 6.45) is -4.11. The molecule has 0 saturated carbocycles. The molecule has 4 aromatic rings. The van der Waals surface area contributed by atoms with Crippen molar-refractivity contribution < 1.29 is 27.4 Å². The van der Waals surface area contributed by atoms with Crippen LogP contribution < -0.4 is 14.8 Å². The number of carbonyl (C=O) groups is 1. The number of ether oxygens (including phenoxy) is 2. The molecule has 0 aliphatic carbocycles. The Morgan fingerprint density at radius 2 is 1.81 bits per heavy atom. The van der Waals surface area contributed by atoms with E-state index >= 15 is 0 Å². The lowest BCUT2D eigenvalue weighted by molar-refractivity contribution is -0.137. The highest BCUT2D eigenvalue weighted by Gasteiger charge is 2.30. The number of nitrogens with zero attached hydrogens (tertiary/aromatic N) is 2. The Bertz CT molecular complexity index is 1440. The molecule has 1 aliphatic rings. The van der Waals surface area contributed by atoms with Crippen LogP contribution in [0, 0.1) is 0 Å². The van der Waals surface area contributed by atoms with Gasteiger partial charge in [-0.15, -0.1) is 0 Å². The van der Waals surface area contributed by atoms with Gasteiger partial charge in [0.15, 0.2) is 12.4 Å². The third kappa shape index (κ3) is 5.11. The second-order valence-electron chi connectivity index (χ2n) is 7.94. The highest BCUT2D eigenvalue weighted by Crippen LogP contribution is 2.40. The number of anilines is 1. The molecule has 0 radical (unpaired) electrons. The predicted molar refractivity (Wildman–Crippen MR) is 127 cm³/mol. The van der Waals surface area contributed by atoms with Crippen LogP contribution >= 0.6 is 11.6 Å². The molecule has 1 aromatic heterocycles. The van der Waals surface area contributed by atoms with Gasteiger partial charge in [-0.05, 0) is 54.1 Å². The highest BCUT2D eigenvalue weighted by atomic mass is 35.5. The summed E-state index contributed by atoms with van der Waals surface area (Å²) in [5.74, 6) is 0.740. The normalized spacial score (nSPS) is 12.2. The Morgan fingerprint density at radius 3 is 2.58 bits per heavy atom. The van der Waals surface area contributed by atoms with E-state index < -0.39 is 24.3 Å². The van der Waals surface area contributed by atoms with Gasteiger partial charge in [0.05, 0.1) is 11.1 Å². The van der Waals surface area contributed by atoms with Gasteiger partial charge in [0.1, 0.15) is 5.75 Å². The van der Waals surface area contributed by atoms with Crippen LogP contribution in [0.15, 0.2) is 72.8 Å². The van der Waals surface area contributed by atoms with E-state index in [1.165, 1.54) is 12.1 Å².